The molecule has 28 heavy (non-hydrogen) atoms. The molecule has 2 heterocycles. The van der Waals surface area contributed by atoms with Crippen LogP contribution in [0.2, 0.25) is 0 Å². The van der Waals surface area contributed by atoms with Crippen LogP contribution in [0.15, 0.2) is 77.6 Å². The molecular formula is C23H24N4S. The van der Waals surface area contributed by atoms with E-state index in [4.69, 9.17) is 4.99 Å². The molecule has 0 saturated heterocycles. The quantitative estimate of drug-likeness (QED) is 0.438. The minimum atomic E-state index is 0.912. The summed E-state index contributed by atoms with van der Waals surface area (Å²) in [5, 5.41) is 2.22. The standard InChI is InChI=1S/C23H24N4S/c1-18-9-10-19(2)21(15-18)25-23-27(13-6-12-26-14-11-24-17-26)22(16-28-23)20-7-4-3-5-8-20/h3-5,7-11,14-17H,6,12-13H2,1-2H3. The highest BCUT2D eigenvalue weighted by Gasteiger charge is 2.09. The van der Waals surface area contributed by atoms with Crippen molar-refractivity contribution in [1.29, 1.82) is 0 Å². The maximum absolute atomic E-state index is 5.03. The van der Waals surface area contributed by atoms with Gasteiger partial charge in [-0.15, -0.1) is 11.3 Å². The van der Waals surface area contributed by atoms with Gasteiger partial charge < -0.3 is 9.13 Å². The first-order chi connectivity index (χ1) is 13.7. The Morgan fingerprint density at radius 3 is 2.68 bits per heavy atom. The monoisotopic (exact) mass is 388 g/mol. The van der Waals surface area contributed by atoms with Gasteiger partial charge in [0, 0.05) is 30.9 Å². The highest BCUT2D eigenvalue weighted by Crippen LogP contribution is 2.23. The third-order valence-corrected chi connectivity index (χ3v) is 5.67. The Labute approximate surface area is 169 Å². The van der Waals surface area contributed by atoms with Crippen LogP contribution in [0.4, 0.5) is 5.69 Å². The molecule has 0 unspecified atom stereocenters. The van der Waals surface area contributed by atoms with Crippen molar-refractivity contribution in [3.05, 3.63) is 88.6 Å². The number of thiazole rings is 1. The van der Waals surface area contributed by atoms with Crippen LogP contribution in [0.1, 0.15) is 17.5 Å². The second kappa shape index (κ2) is 8.40. The summed E-state index contributed by atoms with van der Waals surface area (Å²) in [7, 11) is 0. The fraction of sp³-hybridized carbons (Fsp3) is 0.217. The van der Waals surface area contributed by atoms with Crippen molar-refractivity contribution in [3.8, 4) is 11.3 Å². The Morgan fingerprint density at radius 1 is 1.04 bits per heavy atom. The summed E-state index contributed by atoms with van der Waals surface area (Å²) < 4.78 is 4.47. The molecule has 0 aliphatic heterocycles. The summed E-state index contributed by atoms with van der Waals surface area (Å²) >= 11 is 1.71. The highest BCUT2D eigenvalue weighted by atomic mass is 32.1. The molecular weight excluding hydrogens is 364 g/mol. The average molecular weight is 389 g/mol. The third kappa shape index (κ3) is 4.15. The molecule has 142 valence electrons. The SMILES string of the molecule is Cc1ccc(C)c(N=c2scc(-c3ccccc3)n2CCCn2ccnc2)c1. The van der Waals surface area contributed by atoms with Crippen LogP contribution >= 0.6 is 11.3 Å². The van der Waals surface area contributed by atoms with E-state index in [0.29, 0.717) is 0 Å². The van der Waals surface area contributed by atoms with Gasteiger partial charge in [-0.2, -0.15) is 0 Å². The minimum absolute atomic E-state index is 0.912. The molecule has 0 radical (unpaired) electrons. The van der Waals surface area contributed by atoms with Gasteiger partial charge in [0.25, 0.3) is 0 Å². The zero-order valence-corrected chi connectivity index (χ0v) is 17.1. The average Bonchev–Trinajstić information content (AvgIpc) is 3.36. The van der Waals surface area contributed by atoms with Crippen molar-refractivity contribution in [2.75, 3.05) is 0 Å². The van der Waals surface area contributed by atoms with E-state index >= 15 is 0 Å². The molecule has 0 aliphatic carbocycles. The van der Waals surface area contributed by atoms with Gasteiger partial charge in [0.05, 0.1) is 17.7 Å². The molecule has 0 aliphatic rings. The maximum Gasteiger partial charge on any atom is 0.190 e. The Balaban J connectivity index is 1.72. The molecule has 0 spiro atoms. The molecule has 2 aromatic carbocycles. The lowest BCUT2D eigenvalue weighted by Crippen LogP contribution is -2.17. The second-order valence-electron chi connectivity index (χ2n) is 6.98. The van der Waals surface area contributed by atoms with Crippen molar-refractivity contribution in [1.82, 2.24) is 14.1 Å². The molecule has 4 aromatic rings. The fourth-order valence-corrected chi connectivity index (χ4v) is 4.20. The Morgan fingerprint density at radius 2 is 1.89 bits per heavy atom. The molecule has 0 saturated carbocycles. The predicted molar refractivity (Wildman–Crippen MR) is 116 cm³/mol. The van der Waals surface area contributed by atoms with E-state index in [0.717, 1.165) is 30.0 Å². The smallest absolute Gasteiger partial charge is 0.190 e. The van der Waals surface area contributed by atoms with Crippen LogP contribution in [0.25, 0.3) is 11.3 Å². The van der Waals surface area contributed by atoms with Crippen molar-refractivity contribution in [2.24, 2.45) is 4.99 Å². The van der Waals surface area contributed by atoms with Gasteiger partial charge in [-0.1, -0.05) is 42.5 Å². The van der Waals surface area contributed by atoms with Crippen molar-refractivity contribution in [2.45, 2.75) is 33.4 Å². The lowest BCUT2D eigenvalue weighted by atomic mass is 10.1. The minimum Gasteiger partial charge on any atom is -0.337 e. The van der Waals surface area contributed by atoms with Crippen molar-refractivity contribution < 1.29 is 0 Å². The molecule has 0 N–H and O–H groups in total. The van der Waals surface area contributed by atoms with E-state index in [1.54, 1.807) is 11.3 Å². The summed E-state index contributed by atoms with van der Waals surface area (Å²) in [5.74, 6) is 0. The highest BCUT2D eigenvalue weighted by molar-refractivity contribution is 7.07. The Hall–Kier alpha value is -2.92. The largest absolute Gasteiger partial charge is 0.337 e. The van der Waals surface area contributed by atoms with Gasteiger partial charge >= 0.3 is 0 Å². The lowest BCUT2D eigenvalue weighted by Gasteiger charge is -2.10. The lowest BCUT2D eigenvalue weighted by molar-refractivity contribution is 0.559. The molecule has 5 heteroatoms. The molecule has 4 nitrogen and oxygen atoms in total. The number of hydrogen-bond donors (Lipinski definition) is 0. The van der Waals surface area contributed by atoms with Crippen LogP contribution in [0, 0.1) is 13.8 Å². The topological polar surface area (TPSA) is 35.1 Å². The number of hydrogen-bond acceptors (Lipinski definition) is 3. The number of nitrogens with zero attached hydrogens (tertiary/aromatic N) is 4. The van der Waals surface area contributed by atoms with E-state index in [-0.39, 0.29) is 0 Å². The second-order valence-corrected chi connectivity index (χ2v) is 7.81. The van der Waals surface area contributed by atoms with Crippen LogP contribution < -0.4 is 4.80 Å². The maximum atomic E-state index is 5.03. The Kier molecular flexibility index (Phi) is 5.53. The molecule has 0 fully saturated rings. The molecule has 4 rings (SSSR count). The normalized spacial score (nSPS) is 11.9. The Bertz CT molecular complexity index is 1110. The molecule has 2 aromatic heterocycles. The van der Waals surface area contributed by atoms with Gasteiger partial charge in [0.15, 0.2) is 4.80 Å². The van der Waals surface area contributed by atoms with Crippen LogP contribution in [0.3, 0.4) is 0 Å². The van der Waals surface area contributed by atoms with Crippen LogP contribution in [-0.4, -0.2) is 14.1 Å². The summed E-state index contributed by atoms with van der Waals surface area (Å²) in [4.78, 5) is 10.2. The third-order valence-electron chi connectivity index (χ3n) is 4.81. The zero-order valence-electron chi connectivity index (χ0n) is 16.2. The number of aryl methyl sites for hydroxylation is 3. The van der Waals surface area contributed by atoms with Crippen molar-refractivity contribution in [3.63, 3.8) is 0 Å². The van der Waals surface area contributed by atoms with E-state index in [2.05, 4.69) is 81.9 Å². The van der Waals surface area contributed by atoms with Crippen LogP contribution in [0.5, 0.6) is 0 Å². The summed E-state index contributed by atoms with van der Waals surface area (Å²) in [6, 6.07) is 17.0. The molecule has 0 atom stereocenters. The first-order valence-corrected chi connectivity index (χ1v) is 10.4. The summed E-state index contributed by atoms with van der Waals surface area (Å²) in [5.41, 5.74) is 5.93. The first kappa shape index (κ1) is 18.4. The number of benzene rings is 2. The molecule has 0 amide bonds. The fourth-order valence-electron chi connectivity index (χ4n) is 3.25. The molecule has 0 bridgehead atoms. The number of aromatic nitrogens is 3. The van der Waals surface area contributed by atoms with Crippen molar-refractivity contribution >= 4 is 17.0 Å². The zero-order chi connectivity index (χ0) is 19.3. The summed E-state index contributed by atoms with van der Waals surface area (Å²) in [6.07, 6.45) is 6.73. The summed E-state index contributed by atoms with van der Waals surface area (Å²) in [6.45, 7) is 6.09. The van der Waals surface area contributed by atoms with Gasteiger partial charge in [-0.3, -0.25) is 0 Å². The number of rotatable bonds is 6. The van der Waals surface area contributed by atoms with Gasteiger partial charge in [0.1, 0.15) is 0 Å². The predicted octanol–water partition coefficient (Wildman–Crippen LogP) is 5.35. The van der Waals surface area contributed by atoms with Gasteiger partial charge in [-0.05, 0) is 43.0 Å². The van der Waals surface area contributed by atoms with Gasteiger partial charge in [-0.25, -0.2) is 9.98 Å². The van der Waals surface area contributed by atoms with Crippen LogP contribution in [-0.2, 0) is 13.1 Å². The number of imidazole rings is 1. The van der Waals surface area contributed by atoms with E-state index < -0.39 is 0 Å². The van der Waals surface area contributed by atoms with E-state index in [1.165, 1.54) is 22.4 Å². The van der Waals surface area contributed by atoms with E-state index in [1.807, 2.05) is 18.7 Å². The first-order valence-electron chi connectivity index (χ1n) is 9.52. The van der Waals surface area contributed by atoms with E-state index in [9.17, 15) is 0 Å². The van der Waals surface area contributed by atoms with Gasteiger partial charge in [0.2, 0.25) is 0 Å².